The van der Waals surface area contributed by atoms with E-state index in [0.717, 1.165) is 10.4 Å². The molecule has 0 bridgehead atoms. The summed E-state index contributed by atoms with van der Waals surface area (Å²) in [5.41, 5.74) is 7.31. The maximum atomic E-state index is 12.6. The van der Waals surface area contributed by atoms with E-state index in [0.29, 0.717) is 43.3 Å². The van der Waals surface area contributed by atoms with Crippen LogP contribution >= 0.6 is 11.3 Å². The minimum atomic E-state index is -3.04. The fourth-order valence-electron chi connectivity index (χ4n) is 2.60. The number of anilines is 1. The Balaban J connectivity index is 1.94. The third-order valence-electron chi connectivity index (χ3n) is 3.64. The maximum absolute atomic E-state index is 12.6. The highest BCUT2D eigenvalue weighted by atomic mass is 32.2. The normalized spacial score (nSPS) is 21.5. The number of thiophene rings is 1. The Morgan fingerprint density at radius 3 is 2.70 bits per heavy atom. The van der Waals surface area contributed by atoms with Gasteiger partial charge in [-0.3, -0.25) is 4.79 Å². The van der Waals surface area contributed by atoms with Gasteiger partial charge in [-0.15, -0.1) is 11.3 Å². The summed E-state index contributed by atoms with van der Waals surface area (Å²) in [4.78, 5) is 15.0. The second kappa shape index (κ2) is 5.01. The van der Waals surface area contributed by atoms with Crippen molar-refractivity contribution in [1.82, 2.24) is 4.90 Å². The lowest BCUT2D eigenvalue weighted by Gasteiger charge is -2.27. The molecule has 0 atom stereocenters. The van der Waals surface area contributed by atoms with Gasteiger partial charge in [0.05, 0.1) is 35.3 Å². The van der Waals surface area contributed by atoms with Crippen LogP contribution in [0.4, 0.5) is 5.00 Å². The van der Waals surface area contributed by atoms with Crippen molar-refractivity contribution >= 4 is 32.1 Å². The second-order valence-corrected chi connectivity index (χ2v) is 8.31. The number of fused-ring (bicyclic) bond motifs is 1. The highest BCUT2D eigenvalue weighted by Gasteiger charge is 2.32. The first kappa shape index (κ1) is 13.8. The summed E-state index contributed by atoms with van der Waals surface area (Å²) in [5, 5.41) is 0.434. The van der Waals surface area contributed by atoms with E-state index in [1.165, 1.54) is 11.3 Å². The van der Waals surface area contributed by atoms with E-state index >= 15 is 0 Å². The molecule has 20 heavy (non-hydrogen) atoms. The Labute approximate surface area is 121 Å². The van der Waals surface area contributed by atoms with Crippen LogP contribution in [0.2, 0.25) is 0 Å². The largest absolute Gasteiger partial charge is 0.390 e. The van der Waals surface area contributed by atoms with Crippen molar-refractivity contribution in [2.75, 3.05) is 37.8 Å². The third kappa shape index (κ3) is 2.43. The Kier molecular flexibility index (Phi) is 3.47. The van der Waals surface area contributed by atoms with Crippen molar-refractivity contribution < 1.29 is 17.9 Å². The molecular weight excluding hydrogens is 300 g/mol. The molecule has 1 amide bonds. The molecular formula is C12H16N2O4S2. The first-order valence-electron chi connectivity index (χ1n) is 6.45. The summed E-state index contributed by atoms with van der Waals surface area (Å²) < 4.78 is 28.6. The molecule has 1 aromatic rings. The van der Waals surface area contributed by atoms with Crippen molar-refractivity contribution in [3.8, 4) is 0 Å². The number of nitrogen functional groups attached to an aromatic ring is 1. The molecule has 110 valence electrons. The average Bonchev–Trinajstić information content (AvgIpc) is 2.72. The molecule has 1 saturated heterocycles. The summed E-state index contributed by atoms with van der Waals surface area (Å²) in [5.74, 6) is 0.00950. The molecule has 2 N–H and O–H groups in total. The Morgan fingerprint density at radius 1 is 1.30 bits per heavy atom. The summed E-state index contributed by atoms with van der Waals surface area (Å²) in [6.45, 7) is 2.18. The van der Waals surface area contributed by atoms with Crippen LogP contribution in [0.15, 0.2) is 0 Å². The predicted molar refractivity (Wildman–Crippen MR) is 76.6 cm³/mol. The Hall–Kier alpha value is -1.12. The average molecular weight is 316 g/mol. The van der Waals surface area contributed by atoms with Gasteiger partial charge in [0.15, 0.2) is 9.84 Å². The van der Waals surface area contributed by atoms with E-state index in [1.54, 1.807) is 4.90 Å². The quantitative estimate of drug-likeness (QED) is 0.803. The Bertz CT molecular complexity index is 645. The first-order chi connectivity index (χ1) is 9.48. The van der Waals surface area contributed by atoms with Crippen LogP contribution in [0, 0.1) is 0 Å². The Morgan fingerprint density at radius 2 is 2.00 bits per heavy atom. The van der Waals surface area contributed by atoms with Gasteiger partial charge in [0.25, 0.3) is 5.91 Å². The standard InChI is InChI=1S/C12H16N2O4S2/c13-11-10(12(15)14-2-4-18-5-3-14)8-1-6-20(16,17)7-9(8)19-11/h1-7,13H2. The van der Waals surface area contributed by atoms with Gasteiger partial charge in [-0.2, -0.15) is 0 Å². The zero-order chi connectivity index (χ0) is 14.3. The van der Waals surface area contributed by atoms with Crippen LogP contribution in [-0.4, -0.2) is 51.3 Å². The molecule has 0 aromatic carbocycles. The van der Waals surface area contributed by atoms with E-state index in [-0.39, 0.29) is 17.4 Å². The van der Waals surface area contributed by atoms with Gasteiger partial charge in [-0.05, 0) is 12.0 Å². The zero-order valence-electron chi connectivity index (χ0n) is 10.9. The number of nitrogens with zero attached hydrogens (tertiary/aromatic N) is 1. The van der Waals surface area contributed by atoms with Crippen LogP contribution < -0.4 is 5.73 Å². The lowest BCUT2D eigenvalue weighted by molar-refractivity contribution is 0.0303. The smallest absolute Gasteiger partial charge is 0.257 e. The lowest BCUT2D eigenvalue weighted by Crippen LogP contribution is -2.41. The number of morpholine rings is 1. The molecule has 0 spiro atoms. The van der Waals surface area contributed by atoms with Gasteiger partial charge in [0.1, 0.15) is 0 Å². The zero-order valence-corrected chi connectivity index (χ0v) is 12.6. The molecule has 1 fully saturated rings. The topological polar surface area (TPSA) is 89.7 Å². The second-order valence-electron chi connectivity index (χ2n) is 4.99. The van der Waals surface area contributed by atoms with E-state index in [1.807, 2.05) is 0 Å². The van der Waals surface area contributed by atoms with Gasteiger partial charge < -0.3 is 15.4 Å². The van der Waals surface area contributed by atoms with Crippen LogP contribution in [0.25, 0.3) is 0 Å². The number of nitrogens with two attached hydrogens (primary N) is 1. The van der Waals surface area contributed by atoms with Gasteiger partial charge in [-0.25, -0.2) is 8.42 Å². The van der Waals surface area contributed by atoms with E-state index in [2.05, 4.69) is 0 Å². The molecule has 2 aliphatic heterocycles. The molecule has 6 nitrogen and oxygen atoms in total. The maximum Gasteiger partial charge on any atom is 0.257 e. The van der Waals surface area contributed by atoms with Crippen LogP contribution in [0.5, 0.6) is 0 Å². The van der Waals surface area contributed by atoms with Crippen molar-refractivity contribution in [2.24, 2.45) is 0 Å². The van der Waals surface area contributed by atoms with Crippen molar-refractivity contribution in [1.29, 1.82) is 0 Å². The van der Waals surface area contributed by atoms with Gasteiger partial charge in [0.2, 0.25) is 0 Å². The van der Waals surface area contributed by atoms with Crippen LogP contribution in [0.3, 0.4) is 0 Å². The first-order valence-corrected chi connectivity index (χ1v) is 9.09. The summed E-state index contributed by atoms with van der Waals surface area (Å²) in [7, 11) is -3.04. The van der Waals surface area contributed by atoms with Crippen molar-refractivity contribution in [2.45, 2.75) is 12.2 Å². The van der Waals surface area contributed by atoms with Gasteiger partial charge in [-0.1, -0.05) is 0 Å². The van der Waals surface area contributed by atoms with E-state index < -0.39 is 9.84 Å². The summed E-state index contributed by atoms with van der Waals surface area (Å²) in [6.07, 6.45) is 0.386. The fourth-order valence-corrected chi connectivity index (χ4v) is 5.52. The highest BCUT2D eigenvalue weighted by molar-refractivity contribution is 7.90. The molecule has 3 rings (SSSR count). The van der Waals surface area contributed by atoms with Crippen molar-refractivity contribution in [3.05, 3.63) is 16.0 Å². The monoisotopic (exact) mass is 316 g/mol. The van der Waals surface area contributed by atoms with Crippen molar-refractivity contribution in [3.63, 3.8) is 0 Å². The molecule has 2 aliphatic rings. The molecule has 0 radical (unpaired) electrons. The number of ether oxygens (including phenoxy) is 1. The molecule has 0 aliphatic carbocycles. The number of rotatable bonds is 1. The number of hydrogen-bond acceptors (Lipinski definition) is 6. The number of carbonyl (C=O) groups is 1. The number of hydrogen-bond donors (Lipinski definition) is 1. The van der Waals surface area contributed by atoms with Gasteiger partial charge in [0, 0.05) is 18.0 Å². The number of carbonyl (C=O) groups excluding carboxylic acids is 1. The number of sulfone groups is 1. The molecule has 0 unspecified atom stereocenters. The van der Waals surface area contributed by atoms with Gasteiger partial charge >= 0.3 is 0 Å². The SMILES string of the molecule is Nc1sc2c(c1C(=O)N1CCOCC1)CCS(=O)(=O)C2. The van der Waals surface area contributed by atoms with Crippen LogP contribution in [-0.2, 0) is 26.7 Å². The molecule has 0 saturated carbocycles. The summed E-state index contributed by atoms with van der Waals surface area (Å²) >= 11 is 1.23. The predicted octanol–water partition coefficient (Wildman–Crippen LogP) is 0.274. The lowest BCUT2D eigenvalue weighted by atomic mass is 10.1. The molecule has 3 heterocycles. The van der Waals surface area contributed by atoms with Crippen LogP contribution in [0.1, 0.15) is 20.8 Å². The summed E-state index contributed by atoms with van der Waals surface area (Å²) in [6, 6.07) is 0. The fraction of sp³-hybridized carbons (Fsp3) is 0.583. The molecule has 8 heteroatoms. The number of amides is 1. The third-order valence-corrected chi connectivity index (χ3v) is 6.44. The highest BCUT2D eigenvalue weighted by Crippen LogP contribution is 2.36. The minimum Gasteiger partial charge on any atom is -0.390 e. The van der Waals surface area contributed by atoms with E-state index in [4.69, 9.17) is 10.5 Å². The van der Waals surface area contributed by atoms with E-state index in [9.17, 15) is 13.2 Å². The molecule has 1 aromatic heterocycles. The minimum absolute atomic E-state index is 0.00753.